The third-order valence-electron chi connectivity index (χ3n) is 3.98. The summed E-state index contributed by atoms with van der Waals surface area (Å²) in [6, 6.07) is 18.7. The maximum atomic E-state index is 11.8. The summed E-state index contributed by atoms with van der Waals surface area (Å²) in [6.07, 6.45) is 0. The molecule has 0 aliphatic rings. The molecule has 0 saturated carbocycles. The van der Waals surface area contributed by atoms with Crippen molar-refractivity contribution in [3.05, 3.63) is 71.8 Å². The highest BCUT2D eigenvalue weighted by Crippen LogP contribution is 2.20. The Morgan fingerprint density at radius 3 is 2.62 bits per heavy atom. The molecule has 0 aliphatic heterocycles. The molecule has 4 N–H and O–H groups in total. The van der Waals surface area contributed by atoms with Crippen molar-refractivity contribution in [3.63, 3.8) is 0 Å². The first-order valence-corrected chi connectivity index (χ1v) is 8.05. The summed E-state index contributed by atoms with van der Waals surface area (Å²) in [4.78, 5) is 16.7. The number of nitrogens with zero attached hydrogens (tertiary/aromatic N) is 1. The standard InChI is InChI=1S/C20H19N3O3/c1-13-17(7-4-8-18(13)21)20(22)23-26-19(24)12-25-16-10-9-14-5-2-3-6-15(14)11-16/h2-11H,12,21H2,1H3,(H2,22,23). The van der Waals surface area contributed by atoms with Crippen molar-refractivity contribution in [1.82, 2.24) is 0 Å². The summed E-state index contributed by atoms with van der Waals surface area (Å²) in [5.41, 5.74) is 13.7. The number of ether oxygens (including phenoxy) is 1. The molecular weight excluding hydrogens is 330 g/mol. The molecule has 3 rings (SSSR count). The predicted molar refractivity (Wildman–Crippen MR) is 102 cm³/mol. The van der Waals surface area contributed by atoms with Crippen LogP contribution in [-0.4, -0.2) is 18.4 Å². The zero-order valence-corrected chi connectivity index (χ0v) is 14.3. The van der Waals surface area contributed by atoms with Crippen LogP contribution >= 0.6 is 0 Å². The number of benzene rings is 3. The minimum Gasteiger partial charge on any atom is -0.482 e. The number of nitrogen functional groups attached to an aromatic ring is 1. The van der Waals surface area contributed by atoms with Gasteiger partial charge in [0.05, 0.1) is 0 Å². The second-order valence-electron chi connectivity index (χ2n) is 5.76. The highest BCUT2D eigenvalue weighted by atomic mass is 16.7. The van der Waals surface area contributed by atoms with E-state index in [9.17, 15) is 4.79 Å². The number of carbonyl (C=O) groups is 1. The van der Waals surface area contributed by atoms with Crippen LogP contribution in [0.5, 0.6) is 5.75 Å². The van der Waals surface area contributed by atoms with Crippen molar-refractivity contribution in [1.29, 1.82) is 0 Å². The van der Waals surface area contributed by atoms with Crippen LogP contribution in [0.2, 0.25) is 0 Å². The van der Waals surface area contributed by atoms with Crippen LogP contribution in [0.25, 0.3) is 10.8 Å². The lowest BCUT2D eigenvalue weighted by atomic mass is 10.1. The van der Waals surface area contributed by atoms with Crippen LogP contribution in [0.15, 0.2) is 65.8 Å². The van der Waals surface area contributed by atoms with Crippen LogP contribution in [0.3, 0.4) is 0 Å². The van der Waals surface area contributed by atoms with Gasteiger partial charge in [0.25, 0.3) is 0 Å². The van der Waals surface area contributed by atoms with Crippen molar-refractivity contribution in [2.24, 2.45) is 10.9 Å². The van der Waals surface area contributed by atoms with E-state index in [2.05, 4.69) is 5.16 Å². The van der Waals surface area contributed by atoms with E-state index in [0.29, 0.717) is 17.0 Å². The Balaban J connectivity index is 1.60. The molecule has 0 spiro atoms. The molecule has 0 aliphatic carbocycles. The number of fused-ring (bicyclic) bond motifs is 1. The maximum absolute atomic E-state index is 11.8. The minimum atomic E-state index is -0.650. The number of oxime groups is 1. The molecule has 26 heavy (non-hydrogen) atoms. The topological polar surface area (TPSA) is 99.9 Å². The third kappa shape index (κ3) is 3.92. The lowest BCUT2D eigenvalue weighted by Crippen LogP contribution is -2.19. The SMILES string of the molecule is Cc1c(N)cccc1/C(N)=N/OC(=O)COc1ccc2ccccc2c1. The van der Waals surface area contributed by atoms with Gasteiger partial charge in [-0.15, -0.1) is 0 Å². The summed E-state index contributed by atoms with van der Waals surface area (Å²) < 4.78 is 5.45. The highest BCUT2D eigenvalue weighted by molar-refractivity contribution is 5.99. The van der Waals surface area contributed by atoms with Crippen molar-refractivity contribution in [2.75, 3.05) is 12.3 Å². The van der Waals surface area contributed by atoms with E-state index in [1.165, 1.54) is 0 Å². The van der Waals surface area contributed by atoms with Gasteiger partial charge in [-0.3, -0.25) is 0 Å². The molecule has 0 aromatic heterocycles. The van der Waals surface area contributed by atoms with Gasteiger partial charge in [0, 0.05) is 11.3 Å². The molecule has 0 radical (unpaired) electrons. The fraction of sp³-hybridized carbons (Fsp3) is 0.100. The summed E-state index contributed by atoms with van der Waals surface area (Å²) in [6.45, 7) is 1.54. The number of rotatable bonds is 5. The Bertz CT molecular complexity index is 983. The molecule has 0 unspecified atom stereocenters. The van der Waals surface area contributed by atoms with Gasteiger partial charge >= 0.3 is 5.97 Å². The first-order chi connectivity index (χ1) is 12.5. The van der Waals surface area contributed by atoms with Crippen LogP contribution in [0, 0.1) is 6.92 Å². The quantitative estimate of drug-likeness (QED) is 0.242. The number of carbonyl (C=O) groups excluding carboxylic acids is 1. The van der Waals surface area contributed by atoms with Gasteiger partial charge in [-0.05, 0) is 41.5 Å². The van der Waals surface area contributed by atoms with Gasteiger partial charge in [0.1, 0.15) is 5.75 Å². The molecule has 0 bridgehead atoms. The van der Waals surface area contributed by atoms with E-state index in [0.717, 1.165) is 16.3 Å². The van der Waals surface area contributed by atoms with Crippen LogP contribution < -0.4 is 16.2 Å². The van der Waals surface area contributed by atoms with Gasteiger partial charge in [-0.2, -0.15) is 0 Å². The lowest BCUT2D eigenvalue weighted by Gasteiger charge is -2.08. The summed E-state index contributed by atoms with van der Waals surface area (Å²) >= 11 is 0. The number of nitrogens with two attached hydrogens (primary N) is 2. The Labute approximate surface area is 151 Å². The Morgan fingerprint density at radius 2 is 1.81 bits per heavy atom. The van der Waals surface area contributed by atoms with E-state index < -0.39 is 5.97 Å². The minimum absolute atomic E-state index is 0.0776. The molecule has 0 heterocycles. The molecule has 0 amide bonds. The number of hydrogen-bond acceptors (Lipinski definition) is 5. The van der Waals surface area contributed by atoms with Crippen LogP contribution in [0.1, 0.15) is 11.1 Å². The zero-order chi connectivity index (χ0) is 18.5. The van der Waals surface area contributed by atoms with Crippen molar-refractivity contribution in [3.8, 4) is 5.75 Å². The summed E-state index contributed by atoms with van der Waals surface area (Å²) in [5, 5.41) is 5.79. The maximum Gasteiger partial charge on any atom is 0.372 e. The van der Waals surface area contributed by atoms with Gasteiger partial charge in [-0.25, -0.2) is 4.79 Å². The predicted octanol–water partition coefficient (Wildman–Crippen LogP) is 2.97. The van der Waals surface area contributed by atoms with Gasteiger partial charge in [-0.1, -0.05) is 47.6 Å². The van der Waals surface area contributed by atoms with Crippen molar-refractivity contribution in [2.45, 2.75) is 6.92 Å². The number of hydrogen-bond donors (Lipinski definition) is 2. The molecule has 132 valence electrons. The molecule has 3 aromatic carbocycles. The van der Waals surface area contributed by atoms with Gasteiger partial charge in [0.2, 0.25) is 0 Å². The van der Waals surface area contributed by atoms with Crippen molar-refractivity contribution >= 4 is 28.3 Å². The Hall–Kier alpha value is -3.54. The Morgan fingerprint density at radius 1 is 1.04 bits per heavy atom. The average molecular weight is 349 g/mol. The van der Waals surface area contributed by atoms with Gasteiger partial charge in [0.15, 0.2) is 12.4 Å². The third-order valence-corrected chi connectivity index (χ3v) is 3.98. The fourth-order valence-electron chi connectivity index (χ4n) is 2.51. The van der Waals surface area contributed by atoms with E-state index >= 15 is 0 Å². The Kier molecular flexibility index (Phi) is 5.03. The molecule has 0 fully saturated rings. The van der Waals surface area contributed by atoms with E-state index in [-0.39, 0.29) is 12.4 Å². The van der Waals surface area contributed by atoms with Gasteiger partial charge < -0.3 is 21.0 Å². The molecule has 6 nitrogen and oxygen atoms in total. The second-order valence-corrected chi connectivity index (χ2v) is 5.76. The average Bonchev–Trinajstić information content (AvgIpc) is 2.66. The van der Waals surface area contributed by atoms with E-state index in [1.54, 1.807) is 24.3 Å². The van der Waals surface area contributed by atoms with Crippen LogP contribution in [-0.2, 0) is 9.63 Å². The highest BCUT2D eigenvalue weighted by Gasteiger charge is 2.09. The largest absolute Gasteiger partial charge is 0.482 e. The second kappa shape index (κ2) is 7.57. The first kappa shape index (κ1) is 17.3. The van der Waals surface area contributed by atoms with Crippen LogP contribution in [0.4, 0.5) is 5.69 Å². The fourth-order valence-corrected chi connectivity index (χ4v) is 2.51. The summed E-state index contributed by atoms with van der Waals surface area (Å²) in [7, 11) is 0. The molecule has 0 saturated heterocycles. The van der Waals surface area contributed by atoms with E-state index in [4.69, 9.17) is 21.0 Å². The normalized spacial score (nSPS) is 11.3. The first-order valence-electron chi connectivity index (χ1n) is 8.05. The molecule has 3 aromatic rings. The monoisotopic (exact) mass is 349 g/mol. The van der Waals surface area contributed by atoms with E-state index in [1.807, 2.05) is 43.3 Å². The number of anilines is 1. The van der Waals surface area contributed by atoms with Crippen molar-refractivity contribution < 1.29 is 14.4 Å². The zero-order valence-electron chi connectivity index (χ0n) is 14.3. The molecular formula is C20H19N3O3. The lowest BCUT2D eigenvalue weighted by molar-refractivity contribution is -0.146. The summed E-state index contributed by atoms with van der Waals surface area (Å²) in [5.74, 6) is 0.000740. The smallest absolute Gasteiger partial charge is 0.372 e. The molecule has 0 atom stereocenters. The molecule has 6 heteroatoms. The number of amidine groups is 1.